The van der Waals surface area contributed by atoms with E-state index >= 15 is 0 Å². The van der Waals surface area contributed by atoms with Crippen molar-refractivity contribution in [2.24, 2.45) is 5.73 Å². The summed E-state index contributed by atoms with van der Waals surface area (Å²) < 4.78 is 6.91. The van der Waals surface area contributed by atoms with Gasteiger partial charge in [0, 0.05) is 22.8 Å². The van der Waals surface area contributed by atoms with Crippen LogP contribution < -0.4 is 10.5 Å². The van der Waals surface area contributed by atoms with Crippen LogP contribution in [0.25, 0.3) is 0 Å². The van der Waals surface area contributed by atoms with E-state index in [0.717, 1.165) is 10.0 Å². The minimum Gasteiger partial charge on any atom is -0.482 e. The van der Waals surface area contributed by atoms with Gasteiger partial charge < -0.3 is 10.5 Å². The summed E-state index contributed by atoms with van der Waals surface area (Å²) in [5.41, 5.74) is 7.01. The molecule has 1 aromatic carbocycles. The van der Waals surface area contributed by atoms with Crippen LogP contribution in [0.3, 0.4) is 0 Å². The number of benzene rings is 1. The quantitative estimate of drug-likeness (QED) is 0.915. The van der Waals surface area contributed by atoms with Gasteiger partial charge in [0.15, 0.2) is 0 Å². The van der Waals surface area contributed by atoms with E-state index in [1.165, 1.54) is 0 Å². The van der Waals surface area contributed by atoms with Gasteiger partial charge in [-0.15, -0.1) is 0 Å². The average molecular weight is 342 g/mol. The van der Waals surface area contributed by atoms with Crippen LogP contribution in [0, 0.1) is 0 Å². The molecule has 0 aliphatic carbocycles. The molecule has 0 aliphatic heterocycles. The third kappa shape index (κ3) is 3.93. The topological polar surface area (TPSA) is 48.1 Å². The first-order valence-corrected chi connectivity index (χ1v) is 7.01. The predicted molar refractivity (Wildman–Crippen MR) is 80.4 cm³/mol. The van der Waals surface area contributed by atoms with Gasteiger partial charge in [-0.25, -0.2) is 0 Å². The smallest absolute Gasteiger partial charge is 0.140 e. The third-order valence-corrected chi connectivity index (χ3v) is 3.35. The lowest BCUT2D eigenvalue weighted by atomic mass is 10.0. The Bertz CT molecular complexity index is 545. The molecule has 2 rings (SSSR count). The fourth-order valence-corrected chi connectivity index (χ4v) is 2.16. The Labute approximate surface area is 125 Å². The summed E-state index contributed by atoms with van der Waals surface area (Å²) in [6.07, 6.45) is 2.95. The highest BCUT2D eigenvalue weighted by Gasteiger charge is 2.18. The monoisotopic (exact) mass is 340 g/mol. The number of nitrogens with two attached hydrogens (primary N) is 1. The maximum absolute atomic E-state index is 6.00. The van der Waals surface area contributed by atoms with E-state index < -0.39 is 0 Å². The molecule has 0 spiro atoms. The lowest BCUT2D eigenvalue weighted by molar-refractivity contribution is 0.180. The van der Waals surface area contributed by atoms with Gasteiger partial charge in [-0.3, -0.25) is 4.98 Å². The zero-order valence-corrected chi connectivity index (χ0v) is 12.7. The van der Waals surface area contributed by atoms with E-state index in [1.54, 1.807) is 18.5 Å². The van der Waals surface area contributed by atoms with Gasteiger partial charge in [0.25, 0.3) is 0 Å². The molecular weight excluding hydrogens is 328 g/mol. The van der Waals surface area contributed by atoms with Crippen LogP contribution in [0.4, 0.5) is 0 Å². The molecular formula is C14H14BrClN2O. The molecule has 2 N–H and O–H groups in total. The molecule has 2 aromatic rings. The van der Waals surface area contributed by atoms with Crippen molar-refractivity contribution in [3.63, 3.8) is 0 Å². The van der Waals surface area contributed by atoms with E-state index in [9.17, 15) is 0 Å². The van der Waals surface area contributed by atoms with Crippen LogP contribution in [0.5, 0.6) is 5.75 Å². The predicted octanol–water partition coefficient (Wildman–Crippen LogP) is 3.96. The summed E-state index contributed by atoms with van der Waals surface area (Å²) in [4.78, 5) is 4.00. The van der Waals surface area contributed by atoms with Crippen molar-refractivity contribution in [1.82, 2.24) is 4.98 Å². The fourth-order valence-electron chi connectivity index (χ4n) is 1.73. The summed E-state index contributed by atoms with van der Waals surface area (Å²) in [6, 6.07) is 9.46. The Morgan fingerprint density at radius 2 is 1.95 bits per heavy atom. The van der Waals surface area contributed by atoms with Crippen LogP contribution in [0.2, 0.25) is 5.02 Å². The van der Waals surface area contributed by atoms with Gasteiger partial charge >= 0.3 is 0 Å². The summed E-state index contributed by atoms with van der Waals surface area (Å²) >= 11 is 9.30. The molecule has 19 heavy (non-hydrogen) atoms. The van der Waals surface area contributed by atoms with Crippen LogP contribution >= 0.6 is 27.5 Å². The first-order valence-electron chi connectivity index (χ1n) is 5.84. The zero-order valence-electron chi connectivity index (χ0n) is 10.4. The normalized spacial score (nSPS) is 13.9. The van der Waals surface area contributed by atoms with Crippen molar-refractivity contribution >= 4 is 27.5 Å². The maximum atomic E-state index is 6.00. The van der Waals surface area contributed by atoms with Crippen LogP contribution in [-0.2, 0) is 0 Å². The second kappa shape index (κ2) is 6.37. The van der Waals surface area contributed by atoms with Crippen LogP contribution in [0.15, 0.2) is 47.2 Å². The zero-order chi connectivity index (χ0) is 13.8. The average Bonchev–Trinajstić information content (AvgIpc) is 2.37. The number of aromatic nitrogens is 1. The van der Waals surface area contributed by atoms with E-state index in [4.69, 9.17) is 22.1 Å². The molecule has 0 saturated heterocycles. The van der Waals surface area contributed by atoms with Crippen molar-refractivity contribution < 1.29 is 4.74 Å². The van der Waals surface area contributed by atoms with Crippen LogP contribution in [0.1, 0.15) is 18.6 Å². The number of rotatable bonds is 4. The first kappa shape index (κ1) is 14.3. The minimum absolute atomic E-state index is 0.153. The molecule has 0 amide bonds. The molecule has 0 bridgehead atoms. The molecule has 100 valence electrons. The molecule has 2 unspecified atom stereocenters. The summed E-state index contributed by atoms with van der Waals surface area (Å²) in [6.45, 7) is 1.91. The van der Waals surface area contributed by atoms with Crippen molar-refractivity contribution in [1.29, 1.82) is 0 Å². The van der Waals surface area contributed by atoms with Gasteiger partial charge in [0.05, 0.1) is 11.2 Å². The van der Waals surface area contributed by atoms with Gasteiger partial charge in [-0.1, -0.05) is 39.7 Å². The van der Waals surface area contributed by atoms with Crippen molar-refractivity contribution in [3.8, 4) is 5.75 Å². The Morgan fingerprint density at radius 1 is 1.26 bits per heavy atom. The van der Waals surface area contributed by atoms with Gasteiger partial charge in [0.2, 0.25) is 0 Å². The molecule has 0 radical (unpaired) electrons. The van der Waals surface area contributed by atoms with Crippen molar-refractivity contribution in [2.75, 3.05) is 0 Å². The van der Waals surface area contributed by atoms with Crippen molar-refractivity contribution in [3.05, 3.63) is 57.8 Å². The molecule has 1 aromatic heterocycles. The molecule has 2 atom stereocenters. The lowest BCUT2D eigenvalue weighted by Gasteiger charge is -2.23. The highest BCUT2D eigenvalue weighted by molar-refractivity contribution is 9.10. The molecule has 3 nitrogen and oxygen atoms in total. The van der Waals surface area contributed by atoms with E-state index in [0.29, 0.717) is 10.8 Å². The van der Waals surface area contributed by atoms with Crippen LogP contribution in [-0.4, -0.2) is 11.0 Å². The molecule has 1 heterocycles. The van der Waals surface area contributed by atoms with E-state index in [1.807, 2.05) is 31.2 Å². The Morgan fingerprint density at radius 3 is 2.53 bits per heavy atom. The molecule has 0 fully saturated rings. The molecule has 5 heteroatoms. The van der Waals surface area contributed by atoms with Crippen molar-refractivity contribution in [2.45, 2.75) is 19.1 Å². The third-order valence-electron chi connectivity index (χ3n) is 2.62. The Hall–Kier alpha value is -1.10. The molecule has 0 aliphatic rings. The van der Waals surface area contributed by atoms with E-state index in [-0.39, 0.29) is 12.1 Å². The second-order valence-corrected chi connectivity index (χ2v) is 5.64. The first-order chi connectivity index (χ1) is 9.06. The lowest BCUT2D eigenvalue weighted by Crippen LogP contribution is -2.29. The highest BCUT2D eigenvalue weighted by atomic mass is 79.9. The number of pyridine rings is 1. The minimum atomic E-state index is -0.242. The van der Waals surface area contributed by atoms with Gasteiger partial charge in [-0.05, 0) is 24.6 Å². The summed E-state index contributed by atoms with van der Waals surface area (Å²) in [5, 5.41) is 0.539. The highest BCUT2D eigenvalue weighted by Crippen LogP contribution is 2.26. The number of hydrogen-bond donors (Lipinski definition) is 1. The number of nitrogens with zero attached hydrogens (tertiary/aromatic N) is 1. The molecule has 0 saturated carbocycles. The number of ether oxygens (including phenoxy) is 1. The van der Waals surface area contributed by atoms with E-state index in [2.05, 4.69) is 20.9 Å². The Kier molecular flexibility index (Phi) is 4.80. The summed E-state index contributed by atoms with van der Waals surface area (Å²) in [7, 11) is 0. The van der Waals surface area contributed by atoms with Gasteiger partial charge in [-0.2, -0.15) is 0 Å². The second-order valence-electron chi connectivity index (χ2n) is 4.29. The fraction of sp³-hybridized carbons (Fsp3) is 0.214. The number of halogens is 2. The SMILES string of the molecule is CC(N)C(Oc1cncc(Cl)c1)c1ccc(Br)cc1. The Balaban J connectivity index is 2.23. The largest absolute Gasteiger partial charge is 0.482 e. The standard InChI is InChI=1S/C14H14BrClN2O/c1-9(17)14(10-2-4-11(15)5-3-10)19-13-6-12(16)7-18-8-13/h2-9,14H,17H2,1H3. The van der Waals surface area contributed by atoms with Gasteiger partial charge in [0.1, 0.15) is 11.9 Å². The number of hydrogen-bond acceptors (Lipinski definition) is 3. The maximum Gasteiger partial charge on any atom is 0.140 e. The summed E-state index contributed by atoms with van der Waals surface area (Å²) in [5.74, 6) is 0.609.